The van der Waals surface area contributed by atoms with Crippen molar-refractivity contribution in [2.24, 2.45) is 5.92 Å². The van der Waals surface area contributed by atoms with Crippen molar-refractivity contribution in [2.45, 2.75) is 46.1 Å². The van der Waals surface area contributed by atoms with Crippen molar-refractivity contribution in [3.8, 4) is 0 Å². The monoisotopic (exact) mass is 269 g/mol. The van der Waals surface area contributed by atoms with Crippen LogP contribution in [0, 0.1) is 5.92 Å². The predicted octanol–water partition coefficient (Wildman–Crippen LogP) is 0.749. The first-order valence-corrected chi connectivity index (χ1v) is 7.37. The van der Waals surface area contributed by atoms with Gasteiger partial charge in [0.1, 0.15) is 0 Å². The van der Waals surface area contributed by atoms with Crippen molar-refractivity contribution in [2.75, 3.05) is 26.2 Å². The van der Waals surface area contributed by atoms with Crippen LogP contribution in [0.3, 0.4) is 0 Å². The largest absolute Gasteiger partial charge is 0.355 e. The molecule has 0 radical (unpaired) electrons. The van der Waals surface area contributed by atoms with Crippen LogP contribution in [0.25, 0.3) is 0 Å². The fourth-order valence-electron chi connectivity index (χ4n) is 2.39. The summed E-state index contributed by atoms with van der Waals surface area (Å²) < 4.78 is 0. The zero-order valence-electron chi connectivity index (χ0n) is 12.4. The van der Waals surface area contributed by atoms with Gasteiger partial charge in [-0.25, -0.2) is 0 Å². The van der Waals surface area contributed by atoms with E-state index in [0.717, 1.165) is 32.5 Å². The lowest BCUT2D eigenvalue weighted by molar-refractivity contribution is -0.131. The third-order valence-electron chi connectivity index (χ3n) is 3.79. The molecule has 0 aliphatic carbocycles. The summed E-state index contributed by atoms with van der Waals surface area (Å²) >= 11 is 0. The van der Waals surface area contributed by atoms with Gasteiger partial charge < -0.3 is 15.5 Å². The molecule has 0 bridgehead atoms. The summed E-state index contributed by atoms with van der Waals surface area (Å²) in [5, 5.41) is 6.19. The first-order valence-electron chi connectivity index (χ1n) is 7.37. The zero-order valence-corrected chi connectivity index (χ0v) is 12.4. The predicted molar refractivity (Wildman–Crippen MR) is 75.7 cm³/mol. The maximum absolute atomic E-state index is 11.9. The van der Waals surface area contributed by atoms with Crippen LogP contribution in [0.5, 0.6) is 0 Å². The third-order valence-corrected chi connectivity index (χ3v) is 3.79. The molecule has 1 aliphatic heterocycles. The van der Waals surface area contributed by atoms with E-state index in [1.165, 1.54) is 0 Å². The number of carbonyl (C=O) groups is 2. The molecule has 2 amide bonds. The van der Waals surface area contributed by atoms with Gasteiger partial charge in [0, 0.05) is 38.6 Å². The fourth-order valence-corrected chi connectivity index (χ4v) is 2.39. The van der Waals surface area contributed by atoms with Crippen LogP contribution in [-0.2, 0) is 9.59 Å². The van der Waals surface area contributed by atoms with E-state index in [2.05, 4.69) is 17.6 Å². The maximum Gasteiger partial charge on any atom is 0.224 e. The van der Waals surface area contributed by atoms with Gasteiger partial charge in [-0.2, -0.15) is 0 Å². The van der Waals surface area contributed by atoms with E-state index < -0.39 is 0 Å². The minimum Gasteiger partial charge on any atom is -0.355 e. The van der Waals surface area contributed by atoms with Crippen molar-refractivity contribution in [3.05, 3.63) is 0 Å². The number of piperidine rings is 1. The highest BCUT2D eigenvalue weighted by Gasteiger charge is 2.23. The molecule has 2 atom stereocenters. The van der Waals surface area contributed by atoms with Crippen LogP contribution < -0.4 is 10.6 Å². The van der Waals surface area contributed by atoms with Crippen LogP contribution in [0.2, 0.25) is 0 Å². The Morgan fingerprint density at radius 3 is 2.47 bits per heavy atom. The van der Waals surface area contributed by atoms with E-state index >= 15 is 0 Å². The maximum atomic E-state index is 11.9. The van der Waals surface area contributed by atoms with Gasteiger partial charge in [0.25, 0.3) is 0 Å². The van der Waals surface area contributed by atoms with Crippen molar-refractivity contribution >= 4 is 11.8 Å². The second-order valence-corrected chi connectivity index (χ2v) is 5.19. The number of hydrogen-bond donors (Lipinski definition) is 2. The number of nitrogens with one attached hydrogen (secondary N) is 2. The lowest BCUT2D eigenvalue weighted by Crippen LogP contribution is -2.44. The smallest absolute Gasteiger partial charge is 0.224 e. The quantitative estimate of drug-likeness (QED) is 0.748. The number of carbonyl (C=O) groups excluding carboxylic acids is 2. The van der Waals surface area contributed by atoms with Crippen molar-refractivity contribution in [1.82, 2.24) is 15.5 Å². The molecule has 0 saturated carbocycles. The van der Waals surface area contributed by atoms with Crippen molar-refractivity contribution in [1.29, 1.82) is 0 Å². The summed E-state index contributed by atoms with van der Waals surface area (Å²) in [5.41, 5.74) is 0. The zero-order chi connectivity index (χ0) is 14.3. The summed E-state index contributed by atoms with van der Waals surface area (Å²) in [7, 11) is 0. The van der Waals surface area contributed by atoms with E-state index in [0.29, 0.717) is 19.0 Å². The summed E-state index contributed by atoms with van der Waals surface area (Å²) in [4.78, 5) is 25.5. The first kappa shape index (κ1) is 16.0. The highest BCUT2D eigenvalue weighted by atomic mass is 16.2. The number of rotatable bonds is 6. The molecule has 1 fully saturated rings. The number of nitrogens with zero attached hydrogens (tertiary/aromatic N) is 1. The Bertz CT molecular complexity index is 295. The highest BCUT2D eigenvalue weighted by molar-refractivity contribution is 5.80. The average Bonchev–Trinajstić information content (AvgIpc) is 2.40. The Morgan fingerprint density at radius 1 is 1.26 bits per heavy atom. The number of hydrogen-bond acceptors (Lipinski definition) is 3. The van der Waals surface area contributed by atoms with Crippen LogP contribution in [-0.4, -0.2) is 48.9 Å². The van der Waals surface area contributed by atoms with E-state index in [9.17, 15) is 9.59 Å². The van der Waals surface area contributed by atoms with Gasteiger partial charge in [-0.1, -0.05) is 0 Å². The molecule has 1 heterocycles. The molecule has 19 heavy (non-hydrogen) atoms. The fraction of sp³-hybridized carbons (Fsp3) is 0.857. The molecule has 2 N–H and O–H groups in total. The molecule has 1 saturated heterocycles. The van der Waals surface area contributed by atoms with E-state index in [1.54, 1.807) is 4.90 Å². The summed E-state index contributed by atoms with van der Waals surface area (Å²) in [6.45, 7) is 8.72. The molecular formula is C14H27N3O2. The van der Waals surface area contributed by atoms with Gasteiger partial charge in [-0.15, -0.1) is 0 Å². The molecular weight excluding hydrogens is 242 g/mol. The Labute approximate surface area is 116 Å². The van der Waals surface area contributed by atoms with Crippen LogP contribution in [0.4, 0.5) is 0 Å². The lowest BCUT2D eigenvalue weighted by atomic mass is 9.95. The lowest BCUT2D eigenvalue weighted by Gasteiger charge is -2.26. The SMILES string of the molecule is CCN(CC)C(=O)CCNC(=O)C1CCC(C)NC1. The molecule has 1 rings (SSSR count). The van der Waals surface area contributed by atoms with Crippen molar-refractivity contribution < 1.29 is 9.59 Å². The summed E-state index contributed by atoms with van der Waals surface area (Å²) in [6.07, 6.45) is 2.37. The standard InChI is InChI=1S/C14H27N3O2/c1-4-17(5-2)13(18)8-9-15-14(19)12-7-6-11(3)16-10-12/h11-12,16H,4-10H2,1-3H3,(H,15,19). The molecule has 5 heteroatoms. The molecule has 0 spiro atoms. The molecule has 110 valence electrons. The second kappa shape index (κ2) is 8.15. The molecule has 2 unspecified atom stereocenters. The van der Waals surface area contributed by atoms with Crippen LogP contribution in [0.15, 0.2) is 0 Å². The molecule has 0 aromatic rings. The first-order chi connectivity index (χ1) is 9.08. The molecule has 0 aromatic heterocycles. The van der Waals surface area contributed by atoms with Gasteiger partial charge in [0.15, 0.2) is 0 Å². The Hall–Kier alpha value is -1.10. The molecule has 1 aliphatic rings. The van der Waals surface area contributed by atoms with E-state index in [1.807, 2.05) is 13.8 Å². The van der Waals surface area contributed by atoms with Gasteiger partial charge in [-0.05, 0) is 33.6 Å². The van der Waals surface area contributed by atoms with E-state index in [4.69, 9.17) is 0 Å². The minimum absolute atomic E-state index is 0.0553. The normalized spacial score (nSPS) is 22.9. The van der Waals surface area contributed by atoms with Gasteiger partial charge in [0.2, 0.25) is 11.8 Å². The molecule has 5 nitrogen and oxygen atoms in total. The topological polar surface area (TPSA) is 61.4 Å². The van der Waals surface area contributed by atoms with Crippen molar-refractivity contribution in [3.63, 3.8) is 0 Å². The second-order valence-electron chi connectivity index (χ2n) is 5.19. The summed E-state index contributed by atoms with van der Waals surface area (Å²) in [6, 6.07) is 0.508. The van der Waals surface area contributed by atoms with Gasteiger partial charge in [0.05, 0.1) is 5.92 Å². The Kier molecular flexibility index (Phi) is 6.84. The third kappa shape index (κ3) is 5.19. The average molecular weight is 269 g/mol. The van der Waals surface area contributed by atoms with Crippen LogP contribution in [0.1, 0.15) is 40.0 Å². The Morgan fingerprint density at radius 2 is 1.95 bits per heavy atom. The van der Waals surface area contributed by atoms with E-state index in [-0.39, 0.29) is 17.7 Å². The van der Waals surface area contributed by atoms with Gasteiger partial charge in [-0.3, -0.25) is 9.59 Å². The number of amides is 2. The summed E-state index contributed by atoms with van der Waals surface area (Å²) in [5.74, 6) is 0.243. The van der Waals surface area contributed by atoms with Crippen LogP contribution >= 0.6 is 0 Å². The Balaban J connectivity index is 2.21. The molecule has 0 aromatic carbocycles. The minimum atomic E-state index is 0.0553. The van der Waals surface area contributed by atoms with Gasteiger partial charge >= 0.3 is 0 Å². The highest BCUT2D eigenvalue weighted by Crippen LogP contribution is 2.13.